The maximum atomic E-state index is 11.1. The third kappa shape index (κ3) is 2.67. The van der Waals surface area contributed by atoms with Crippen LogP contribution in [-0.2, 0) is 0 Å². The molecule has 0 bridgehead atoms. The van der Waals surface area contributed by atoms with Crippen LogP contribution in [0.5, 0.6) is 0 Å². The van der Waals surface area contributed by atoms with Gasteiger partial charge in [0.25, 0.3) is 5.69 Å². The number of rotatable bonds is 3. The lowest BCUT2D eigenvalue weighted by molar-refractivity contribution is -0.384. The molecule has 0 atom stereocenters. The Hall–Kier alpha value is -2.11. The highest BCUT2D eigenvalue weighted by Crippen LogP contribution is 2.34. The Morgan fingerprint density at radius 1 is 1.37 bits per heavy atom. The minimum Gasteiger partial charge on any atom is -0.545 e. The topological polar surface area (TPSA) is 86.5 Å². The number of nitro groups is 1. The molecule has 0 radical (unpaired) electrons. The first-order valence-corrected chi connectivity index (χ1v) is 6.24. The summed E-state index contributed by atoms with van der Waals surface area (Å²) in [5.41, 5.74) is -0.0978. The van der Waals surface area contributed by atoms with E-state index in [0.29, 0.717) is 19.0 Å². The predicted molar refractivity (Wildman–Crippen MR) is 68.0 cm³/mol. The van der Waals surface area contributed by atoms with E-state index in [1.807, 2.05) is 0 Å². The second kappa shape index (κ2) is 5.26. The van der Waals surface area contributed by atoms with Crippen LogP contribution < -0.4 is 10.0 Å². The first-order chi connectivity index (χ1) is 9.00. The molecule has 1 aliphatic heterocycles. The number of carboxylic acids is 1. The molecule has 102 valence electrons. The highest BCUT2D eigenvalue weighted by molar-refractivity contribution is 5.96. The Labute approximate surface area is 110 Å². The minimum atomic E-state index is -1.38. The Morgan fingerprint density at radius 2 is 2.00 bits per heavy atom. The van der Waals surface area contributed by atoms with Gasteiger partial charge in [0.1, 0.15) is 5.69 Å². The molecular weight excluding hydrogens is 248 g/mol. The van der Waals surface area contributed by atoms with Gasteiger partial charge in [-0.3, -0.25) is 10.1 Å². The molecule has 0 unspecified atom stereocenters. The normalized spacial score (nSPS) is 16.4. The molecule has 0 amide bonds. The monoisotopic (exact) mass is 263 g/mol. The van der Waals surface area contributed by atoms with Gasteiger partial charge in [-0.05, 0) is 18.8 Å². The number of benzene rings is 1. The molecule has 1 aromatic rings. The Morgan fingerprint density at radius 3 is 2.53 bits per heavy atom. The van der Waals surface area contributed by atoms with Crippen molar-refractivity contribution in [2.24, 2.45) is 5.92 Å². The molecule has 1 aliphatic rings. The van der Waals surface area contributed by atoms with E-state index in [9.17, 15) is 20.0 Å². The van der Waals surface area contributed by atoms with Crippen LogP contribution in [0.1, 0.15) is 30.1 Å². The SMILES string of the molecule is CC1CCN(c2c(C(=O)[O-])cccc2[N+](=O)[O-])CC1. The summed E-state index contributed by atoms with van der Waals surface area (Å²) >= 11 is 0. The molecule has 1 fully saturated rings. The van der Waals surface area contributed by atoms with Crippen LogP contribution in [0.4, 0.5) is 11.4 Å². The van der Waals surface area contributed by atoms with Gasteiger partial charge < -0.3 is 14.8 Å². The van der Waals surface area contributed by atoms with Crippen LogP contribution in [0.3, 0.4) is 0 Å². The molecule has 1 heterocycles. The quantitative estimate of drug-likeness (QED) is 0.604. The number of para-hydroxylation sites is 1. The maximum absolute atomic E-state index is 11.1. The lowest BCUT2D eigenvalue weighted by Crippen LogP contribution is -2.35. The summed E-state index contributed by atoms with van der Waals surface area (Å²) in [6.45, 7) is 3.38. The zero-order valence-corrected chi connectivity index (χ0v) is 10.7. The summed E-state index contributed by atoms with van der Waals surface area (Å²) in [6.07, 6.45) is 1.80. The number of nitro benzene ring substituents is 1. The van der Waals surface area contributed by atoms with Gasteiger partial charge in [-0.2, -0.15) is 0 Å². The van der Waals surface area contributed by atoms with Crippen molar-refractivity contribution in [2.45, 2.75) is 19.8 Å². The number of anilines is 1. The number of nitrogens with zero attached hydrogens (tertiary/aromatic N) is 2. The van der Waals surface area contributed by atoms with Crippen molar-refractivity contribution < 1.29 is 14.8 Å². The molecule has 6 nitrogen and oxygen atoms in total. The van der Waals surface area contributed by atoms with Gasteiger partial charge in [-0.1, -0.05) is 19.1 Å². The number of hydrogen-bond acceptors (Lipinski definition) is 5. The fourth-order valence-electron chi connectivity index (χ4n) is 2.41. The fourth-order valence-corrected chi connectivity index (χ4v) is 2.41. The van der Waals surface area contributed by atoms with Gasteiger partial charge in [-0.15, -0.1) is 0 Å². The molecule has 0 saturated carbocycles. The van der Waals surface area contributed by atoms with Crippen molar-refractivity contribution >= 4 is 17.3 Å². The summed E-state index contributed by atoms with van der Waals surface area (Å²) in [4.78, 5) is 23.5. The molecular formula is C13H15N2O4-. The standard InChI is InChI=1S/C13H16N2O4/c1-9-5-7-14(8-6-9)12-10(13(16)17)3-2-4-11(12)15(18)19/h2-4,9H,5-8H2,1H3,(H,16,17)/p-1. The first kappa shape index (κ1) is 13.3. The van der Waals surface area contributed by atoms with Gasteiger partial charge in [0, 0.05) is 24.7 Å². The number of carbonyl (C=O) groups is 1. The van der Waals surface area contributed by atoms with Gasteiger partial charge >= 0.3 is 0 Å². The third-order valence-electron chi connectivity index (χ3n) is 3.53. The van der Waals surface area contributed by atoms with Gasteiger partial charge in [0.15, 0.2) is 0 Å². The maximum Gasteiger partial charge on any atom is 0.293 e. The summed E-state index contributed by atoms with van der Waals surface area (Å²) < 4.78 is 0. The molecule has 2 rings (SSSR count). The summed E-state index contributed by atoms with van der Waals surface area (Å²) in [5, 5.41) is 22.2. The molecule has 6 heteroatoms. The van der Waals surface area contributed by atoms with Crippen LogP contribution in [-0.4, -0.2) is 24.0 Å². The molecule has 0 aromatic heterocycles. The number of aromatic carboxylic acids is 1. The van der Waals surface area contributed by atoms with E-state index in [0.717, 1.165) is 12.8 Å². The Kier molecular flexibility index (Phi) is 3.69. The van der Waals surface area contributed by atoms with E-state index in [1.54, 1.807) is 4.90 Å². The van der Waals surface area contributed by atoms with Crippen LogP contribution in [0, 0.1) is 16.0 Å². The number of carbonyl (C=O) groups excluding carboxylic acids is 1. The van der Waals surface area contributed by atoms with Crippen LogP contribution in [0.15, 0.2) is 18.2 Å². The molecule has 1 saturated heterocycles. The van der Waals surface area contributed by atoms with Gasteiger partial charge in [-0.25, -0.2) is 0 Å². The molecule has 0 aliphatic carbocycles. The summed E-state index contributed by atoms with van der Waals surface area (Å²) in [7, 11) is 0. The van der Waals surface area contributed by atoms with E-state index >= 15 is 0 Å². The second-order valence-electron chi connectivity index (χ2n) is 4.89. The van der Waals surface area contributed by atoms with Gasteiger partial charge in [0.2, 0.25) is 0 Å². The molecule has 19 heavy (non-hydrogen) atoms. The van der Waals surface area contributed by atoms with E-state index in [2.05, 4.69) is 6.92 Å². The summed E-state index contributed by atoms with van der Waals surface area (Å²) in [5.74, 6) is -0.817. The largest absolute Gasteiger partial charge is 0.545 e. The van der Waals surface area contributed by atoms with E-state index in [-0.39, 0.29) is 16.9 Å². The highest BCUT2D eigenvalue weighted by Gasteiger charge is 2.26. The van der Waals surface area contributed by atoms with E-state index in [1.165, 1.54) is 18.2 Å². The van der Waals surface area contributed by atoms with Gasteiger partial charge in [0.05, 0.1) is 10.9 Å². The van der Waals surface area contributed by atoms with Crippen molar-refractivity contribution in [1.29, 1.82) is 0 Å². The van der Waals surface area contributed by atoms with Crippen molar-refractivity contribution in [2.75, 3.05) is 18.0 Å². The zero-order valence-electron chi connectivity index (χ0n) is 10.7. The third-order valence-corrected chi connectivity index (χ3v) is 3.53. The molecule has 0 spiro atoms. The lowest BCUT2D eigenvalue weighted by Gasteiger charge is -2.33. The van der Waals surface area contributed by atoms with E-state index < -0.39 is 10.9 Å². The first-order valence-electron chi connectivity index (χ1n) is 6.24. The van der Waals surface area contributed by atoms with E-state index in [4.69, 9.17) is 0 Å². The van der Waals surface area contributed by atoms with Crippen molar-refractivity contribution in [1.82, 2.24) is 0 Å². The Bertz CT molecular complexity index is 475. The zero-order chi connectivity index (χ0) is 14.0. The smallest absolute Gasteiger partial charge is 0.293 e. The van der Waals surface area contributed by atoms with Crippen molar-refractivity contribution in [3.8, 4) is 0 Å². The van der Waals surface area contributed by atoms with Crippen LogP contribution >= 0.6 is 0 Å². The average molecular weight is 263 g/mol. The second-order valence-corrected chi connectivity index (χ2v) is 4.89. The predicted octanol–water partition coefficient (Wildman–Crippen LogP) is 1.19. The number of piperidine rings is 1. The number of carboxylic acid groups (broad SMARTS) is 1. The van der Waals surface area contributed by atoms with Crippen LogP contribution in [0.2, 0.25) is 0 Å². The van der Waals surface area contributed by atoms with Crippen LogP contribution in [0.25, 0.3) is 0 Å². The fraction of sp³-hybridized carbons (Fsp3) is 0.462. The van der Waals surface area contributed by atoms with Crippen molar-refractivity contribution in [3.05, 3.63) is 33.9 Å². The Balaban J connectivity index is 2.46. The van der Waals surface area contributed by atoms with Crippen molar-refractivity contribution in [3.63, 3.8) is 0 Å². The molecule has 0 N–H and O–H groups in total. The summed E-state index contributed by atoms with van der Waals surface area (Å²) in [6, 6.07) is 4.06. The lowest BCUT2D eigenvalue weighted by atomic mass is 9.97. The minimum absolute atomic E-state index is 0.108. The average Bonchev–Trinajstić information content (AvgIpc) is 2.38. The molecule has 1 aromatic carbocycles. The highest BCUT2D eigenvalue weighted by atomic mass is 16.6. The number of hydrogen-bond donors (Lipinski definition) is 0.